The first-order valence-corrected chi connectivity index (χ1v) is 9.67. The highest BCUT2D eigenvalue weighted by Crippen LogP contribution is 2.42. The summed E-state index contributed by atoms with van der Waals surface area (Å²) in [5, 5.41) is 19.5. The van der Waals surface area contributed by atoms with Crippen LogP contribution in [-0.4, -0.2) is 16.2 Å². The van der Waals surface area contributed by atoms with Crippen LogP contribution >= 0.6 is 11.6 Å². The van der Waals surface area contributed by atoms with Crippen molar-refractivity contribution in [2.45, 2.75) is 19.3 Å². The molecule has 4 rings (SSSR count). The van der Waals surface area contributed by atoms with Gasteiger partial charge >= 0.3 is 5.97 Å². The van der Waals surface area contributed by atoms with Gasteiger partial charge < -0.3 is 10.2 Å². The smallest absolute Gasteiger partial charge is 0.335 e. The molecular weight excluding hydrogens is 391 g/mol. The number of aromatic carboxylic acids is 1. The maximum Gasteiger partial charge on any atom is 0.335 e. The zero-order valence-corrected chi connectivity index (χ0v) is 16.2. The second kappa shape index (κ2) is 7.72. The molecule has 1 aliphatic carbocycles. The molecule has 0 radical (unpaired) electrons. The summed E-state index contributed by atoms with van der Waals surface area (Å²) >= 11 is 6.32. The van der Waals surface area contributed by atoms with Crippen LogP contribution in [0.4, 0.5) is 4.39 Å². The molecule has 0 atom stereocenters. The predicted octanol–water partition coefficient (Wildman–Crippen LogP) is 6.18. The largest absolute Gasteiger partial charge is 0.508 e. The van der Waals surface area contributed by atoms with Crippen LogP contribution in [0.15, 0.2) is 60.7 Å². The van der Waals surface area contributed by atoms with E-state index in [1.165, 1.54) is 6.07 Å². The minimum atomic E-state index is -0.978. The first-order valence-electron chi connectivity index (χ1n) is 9.29. The van der Waals surface area contributed by atoms with E-state index in [1.807, 2.05) is 6.07 Å². The Labute approximate surface area is 172 Å². The Morgan fingerprint density at radius 2 is 1.76 bits per heavy atom. The number of halogens is 2. The minimum absolute atomic E-state index is 0.0609. The van der Waals surface area contributed by atoms with E-state index in [2.05, 4.69) is 0 Å². The highest BCUT2D eigenvalue weighted by Gasteiger charge is 2.23. The fourth-order valence-electron chi connectivity index (χ4n) is 3.92. The Morgan fingerprint density at radius 1 is 0.966 bits per heavy atom. The molecule has 0 aliphatic heterocycles. The maximum absolute atomic E-state index is 14.2. The third kappa shape index (κ3) is 3.64. The SMILES string of the molecule is O=C(O)c1ccc2c(c1)CCCC(c1cccc(F)c1Cl)=C2c1cccc(O)c1. The van der Waals surface area contributed by atoms with Gasteiger partial charge in [0.2, 0.25) is 0 Å². The van der Waals surface area contributed by atoms with Crippen molar-refractivity contribution in [3.05, 3.63) is 99.3 Å². The zero-order chi connectivity index (χ0) is 20.5. The normalized spacial score (nSPS) is 13.7. The van der Waals surface area contributed by atoms with Crippen LogP contribution in [0.1, 0.15) is 45.5 Å². The lowest BCUT2D eigenvalue weighted by Gasteiger charge is -2.18. The number of carboxylic acid groups (broad SMARTS) is 1. The van der Waals surface area contributed by atoms with Gasteiger partial charge in [0.15, 0.2) is 0 Å². The number of aryl methyl sites for hydroxylation is 1. The number of fused-ring (bicyclic) bond motifs is 1. The molecule has 2 N–H and O–H groups in total. The summed E-state index contributed by atoms with van der Waals surface area (Å²) in [4.78, 5) is 11.4. The molecule has 3 aromatic carbocycles. The summed E-state index contributed by atoms with van der Waals surface area (Å²) in [5.74, 6) is -1.35. The Kier molecular flexibility index (Phi) is 5.12. The van der Waals surface area contributed by atoms with E-state index in [4.69, 9.17) is 11.6 Å². The number of phenols is 1. The number of allylic oxidation sites excluding steroid dienone is 1. The van der Waals surface area contributed by atoms with E-state index in [1.54, 1.807) is 48.5 Å². The van der Waals surface area contributed by atoms with Gasteiger partial charge in [0.1, 0.15) is 11.6 Å². The molecule has 0 unspecified atom stereocenters. The fourth-order valence-corrected chi connectivity index (χ4v) is 4.16. The zero-order valence-electron chi connectivity index (χ0n) is 15.5. The molecule has 0 bridgehead atoms. The van der Waals surface area contributed by atoms with E-state index in [-0.39, 0.29) is 16.3 Å². The van der Waals surface area contributed by atoms with E-state index in [9.17, 15) is 19.4 Å². The highest BCUT2D eigenvalue weighted by molar-refractivity contribution is 6.33. The van der Waals surface area contributed by atoms with Gasteiger partial charge in [-0.25, -0.2) is 9.18 Å². The Bertz CT molecular complexity index is 1150. The molecule has 0 saturated heterocycles. The summed E-state index contributed by atoms with van der Waals surface area (Å²) in [5.41, 5.74) is 5.09. The number of carbonyl (C=O) groups is 1. The molecule has 0 spiro atoms. The van der Waals surface area contributed by atoms with Crippen LogP contribution in [-0.2, 0) is 6.42 Å². The van der Waals surface area contributed by atoms with Gasteiger partial charge in [0.05, 0.1) is 10.6 Å². The summed E-state index contributed by atoms with van der Waals surface area (Å²) < 4.78 is 14.2. The summed E-state index contributed by atoms with van der Waals surface area (Å²) in [7, 11) is 0. The van der Waals surface area contributed by atoms with Crippen LogP contribution in [0.2, 0.25) is 5.02 Å². The van der Waals surface area contributed by atoms with Gasteiger partial charge in [-0.15, -0.1) is 0 Å². The lowest BCUT2D eigenvalue weighted by atomic mass is 9.87. The van der Waals surface area contributed by atoms with Crippen molar-refractivity contribution in [3.63, 3.8) is 0 Å². The number of rotatable bonds is 3. The molecular formula is C24H18ClFO3. The molecule has 146 valence electrons. The number of carboxylic acids is 1. The Hall–Kier alpha value is -3.11. The molecule has 1 aliphatic rings. The first kappa shape index (κ1) is 19.2. The predicted molar refractivity (Wildman–Crippen MR) is 112 cm³/mol. The second-order valence-electron chi connectivity index (χ2n) is 7.04. The van der Waals surface area contributed by atoms with Crippen molar-refractivity contribution in [3.8, 4) is 5.75 Å². The number of benzene rings is 3. The molecule has 5 heteroatoms. The van der Waals surface area contributed by atoms with Gasteiger partial charge in [-0.2, -0.15) is 0 Å². The average Bonchev–Trinajstić information content (AvgIpc) is 2.89. The molecule has 0 fully saturated rings. The summed E-state index contributed by atoms with van der Waals surface area (Å²) in [6.07, 6.45) is 2.10. The molecule has 0 heterocycles. The average molecular weight is 409 g/mol. The Balaban J connectivity index is 2.05. The van der Waals surface area contributed by atoms with E-state index >= 15 is 0 Å². The number of aromatic hydroxyl groups is 1. The van der Waals surface area contributed by atoms with Crippen molar-refractivity contribution >= 4 is 28.7 Å². The van der Waals surface area contributed by atoms with Crippen LogP contribution in [0, 0.1) is 5.82 Å². The fraction of sp³-hybridized carbons (Fsp3) is 0.125. The summed E-state index contributed by atoms with van der Waals surface area (Å²) in [6.45, 7) is 0. The molecule has 3 aromatic rings. The Morgan fingerprint density at radius 3 is 2.52 bits per heavy atom. The van der Waals surface area contributed by atoms with Crippen molar-refractivity contribution in [2.75, 3.05) is 0 Å². The third-order valence-electron chi connectivity index (χ3n) is 5.21. The van der Waals surface area contributed by atoms with Crippen molar-refractivity contribution < 1.29 is 19.4 Å². The van der Waals surface area contributed by atoms with E-state index in [0.717, 1.165) is 34.3 Å². The van der Waals surface area contributed by atoms with Gasteiger partial charge in [0, 0.05) is 0 Å². The molecule has 0 aromatic heterocycles. The summed E-state index contributed by atoms with van der Waals surface area (Å²) in [6, 6.07) is 16.7. The number of hydrogen-bond donors (Lipinski definition) is 2. The maximum atomic E-state index is 14.2. The molecule has 0 amide bonds. The third-order valence-corrected chi connectivity index (χ3v) is 5.59. The van der Waals surface area contributed by atoms with Crippen LogP contribution in [0.3, 0.4) is 0 Å². The van der Waals surface area contributed by atoms with E-state index < -0.39 is 11.8 Å². The van der Waals surface area contributed by atoms with E-state index in [0.29, 0.717) is 18.4 Å². The quantitative estimate of drug-likeness (QED) is 0.544. The van der Waals surface area contributed by atoms with Gasteiger partial charge in [-0.3, -0.25) is 0 Å². The number of hydrogen-bond acceptors (Lipinski definition) is 2. The number of phenolic OH excluding ortho intramolecular Hbond substituents is 1. The van der Waals surface area contributed by atoms with Crippen LogP contribution in [0.25, 0.3) is 11.1 Å². The minimum Gasteiger partial charge on any atom is -0.508 e. The van der Waals surface area contributed by atoms with Crippen molar-refractivity contribution in [1.82, 2.24) is 0 Å². The topological polar surface area (TPSA) is 57.5 Å². The standard InChI is InChI=1S/C24H18ClFO3/c25-23-20(8-3-9-21(23)26)19-7-2-4-14-12-16(24(28)29)10-11-18(14)22(19)15-5-1-6-17(27)13-15/h1,3,5-6,8-13,27H,2,4,7H2,(H,28,29). The van der Waals surface area contributed by atoms with Crippen LogP contribution in [0.5, 0.6) is 5.75 Å². The molecule has 29 heavy (non-hydrogen) atoms. The lowest BCUT2D eigenvalue weighted by Crippen LogP contribution is -2.01. The van der Waals surface area contributed by atoms with Gasteiger partial charge in [-0.1, -0.05) is 41.9 Å². The van der Waals surface area contributed by atoms with Gasteiger partial charge in [-0.05, 0) is 83.0 Å². The monoisotopic (exact) mass is 408 g/mol. The van der Waals surface area contributed by atoms with Crippen molar-refractivity contribution in [2.24, 2.45) is 0 Å². The van der Waals surface area contributed by atoms with Crippen molar-refractivity contribution in [1.29, 1.82) is 0 Å². The molecule has 3 nitrogen and oxygen atoms in total. The van der Waals surface area contributed by atoms with Crippen LogP contribution < -0.4 is 0 Å². The lowest BCUT2D eigenvalue weighted by molar-refractivity contribution is 0.0696. The van der Waals surface area contributed by atoms with Gasteiger partial charge in [0.25, 0.3) is 0 Å². The molecule has 0 saturated carbocycles. The first-order chi connectivity index (χ1) is 14.0. The second-order valence-corrected chi connectivity index (χ2v) is 7.41. The highest BCUT2D eigenvalue weighted by atomic mass is 35.5.